The van der Waals surface area contributed by atoms with Gasteiger partial charge in [0.1, 0.15) is 5.02 Å². The van der Waals surface area contributed by atoms with E-state index in [1.165, 1.54) is 26.0 Å². The molecule has 21 heavy (non-hydrogen) atoms. The second kappa shape index (κ2) is 6.40. The van der Waals surface area contributed by atoms with Crippen molar-refractivity contribution in [3.63, 3.8) is 0 Å². The summed E-state index contributed by atoms with van der Waals surface area (Å²) in [5, 5.41) is 24.3. The van der Waals surface area contributed by atoms with Gasteiger partial charge < -0.3 is 15.7 Å². The fraction of sp³-hybridized carbons (Fsp3) is 0.333. The number of hydrogen-bond donors (Lipinski definition) is 3. The summed E-state index contributed by atoms with van der Waals surface area (Å²) in [5.74, 6) is -1.05. The van der Waals surface area contributed by atoms with Gasteiger partial charge in [-0.25, -0.2) is 4.79 Å². The van der Waals surface area contributed by atoms with Gasteiger partial charge in [-0.1, -0.05) is 11.6 Å². The Labute approximate surface area is 125 Å². The summed E-state index contributed by atoms with van der Waals surface area (Å²) in [7, 11) is 0. The highest BCUT2D eigenvalue weighted by molar-refractivity contribution is 6.32. The second-order valence-electron chi connectivity index (χ2n) is 4.92. The molecule has 1 aromatic carbocycles. The first kappa shape index (κ1) is 16.7. The third-order valence-corrected chi connectivity index (χ3v) is 2.99. The highest BCUT2D eigenvalue weighted by atomic mass is 35.5. The van der Waals surface area contributed by atoms with Crippen LogP contribution in [-0.4, -0.2) is 28.6 Å². The Balaban J connectivity index is 2.70. The number of amides is 2. The third kappa shape index (κ3) is 4.60. The molecule has 0 bridgehead atoms. The fourth-order valence-corrected chi connectivity index (χ4v) is 1.47. The number of nitrogens with one attached hydrogen (secondary N) is 2. The molecular weight excluding hydrogens is 302 g/mol. The Morgan fingerprint density at radius 3 is 2.57 bits per heavy atom. The Morgan fingerprint density at radius 2 is 2.05 bits per heavy atom. The quantitative estimate of drug-likeness (QED) is 0.569. The number of rotatable bonds is 5. The minimum atomic E-state index is -1.12. The second-order valence-corrected chi connectivity index (χ2v) is 5.33. The van der Waals surface area contributed by atoms with Crippen LogP contribution in [0.4, 0.5) is 16.2 Å². The van der Waals surface area contributed by atoms with Gasteiger partial charge in [-0.15, -0.1) is 0 Å². The average Bonchev–Trinajstić information content (AvgIpc) is 2.38. The molecule has 2 amide bonds. The lowest BCUT2D eigenvalue weighted by Crippen LogP contribution is -2.40. The summed E-state index contributed by atoms with van der Waals surface area (Å²) in [6, 6.07) is 3.14. The number of hydrogen-bond acceptors (Lipinski definition) is 4. The SMILES string of the molecule is CC(C)(CNC(=O)Nc1ccc(Cl)c([N+](=O)[O-])c1)C(=O)O. The molecule has 1 rings (SSSR count). The number of benzene rings is 1. The molecule has 0 radical (unpaired) electrons. The minimum absolute atomic E-state index is 0.0435. The summed E-state index contributed by atoms with van der Waals surface area (Å²) in [6.07, 6.45) is 0. The molecule has 0 saturated carbocycles. The number of aliphatic carboxylic acids is 1. The van der Waals surface area contributed by atoms with Gasteiger partial charge in [0.2, 0.25) is 0 Å². The number of carbonyl (C=O) groups is 2. The van der Waals surface area contributed by atoms with Gasteiger partial charge >= 0.3 is 12.0 Å². The van der Waals surface area contributed by atoms with Crippen molar-refractivity contribution in [2.75, 3.05) is 11.9 Å². The van der Waals surface area contributed by atoms with E-state index in [9.17, 15) is 19.7 Å². The van der Waals surface area contributed by atoms with Crippen LogP contribution in [0.2, 0.25) is 5.02 Å². The molecule has 0 heterocycles. The summed E-state index contributed by atoms with van der Waals surface area (Å²) < 4.78 is 0. The summed E-state index contributed by atoms with van der Waals surface area (Å²) >= 11 is 5.65. The maximum absolute atomic E-state index is 11.6. The normalized spacial score (nSPS) is 10.8. The number of halogens is 1. The third-order valence-electron chi connectivity index (χ3n) is 2.67. The maximum Gasteiger partial charge on any atom is 0.319 e. The van der Waals surface area contributed by atoms with Gasteiger partial charge in [-0.05, 0) is 26.0 Å². The molecule has 0 saturated heterocycles. The van der Waals surface area contributed by atoms with E-state index in [1.807, 2.05) is 0 Å². The van der Waals surface area contributed by atoms with Gasteiger partial charge in [0, 0.05) is 18.3 Å². The Kier molecular flexibility index (Phi) is 5.09. The van der Waals surface area contributed by atoms with Crippen molar-refractivity contribution in [2.45, 2.75) is 13.8 Å². The first-order chi connectivity index (χ1) is 9.63. The van der Waals surface area contributed by atoms with E-state index >= 15 is 0 Å². The molecular formula is C12H14ClN3O5. The minimum Gasteiger partial charge on any atom is -0.481 e. The molecule has 8 nitrogen and oxygen atoms in total. The maximum atomic E-state index is 11.6. The van der Waals surface area contributed by atoms with Gasteiger partial charge in [-0.2, -0.15) is 0 Å². The lowest BCUT2D eigenvalue weighted by atomic mass is 9.94. The van der Waals surface area contributed by atoms with Crippen molar-refractivity contribution in [2.24, 2.45) is 5.41 Å². The van der Waals surface area contributed by atoms with Crippen LogP contribution >= 0.6 is 11.6 Å². The van der Waals surface area contributed by atoms with Crippen LogP contribution in [-0.2, 0) is 4.79 Å². The molecule has 0 aliphatic carbocycles. The first-order valence-corrected chi connectivity index (χ1v) is 6.23. The predicted octanol–water partition coefficient (Wildman–Crippen LogP) is 2.48. The van der Waals surface area contributed by atoms with Crippen LogP contribution in [0.1, 0.15) is 13.8 Å². The molecule has 0 atom stereocenters. The number of carbonyl (C=O) groups excluding carboxylic acids is 1. The molecule has 0 aliphatic rings. The van der Waals surface area contributed by atoms with E-state index in [4.69, 9.17) is 16.7 Å². The molecule has 114 valence electrons. The number of nitro groups is 1. The summed E-state index contributed by atoms with van der Waals surface area (Å²) in [5.41, 5.74) is -1.28. The van der Waals surface area contributed by atoms with Crippen molar-refractivity contribution in [3.8, 4) is 0 Å². The van der Waals surface area contributed by atoms with Gasteiger partial charge in [0.05, 0.1) is 10.3 Å². The van der Waals surface area contributed by atoms with Crippen molar-refractivity contribution < 1.29 is 19.6 Å². The van der Waals surface area contributed by atoms with Crippen molar-refractivity contribution in [1.29, 1.82) is 0 Å². The zero-order valence-corrected chi connectivity index (χ0v) is 12.1. The van der Waals surface area contributed by atoms with E-state index in [2.05, 4.69) is 10.6 Å². The zero-order chi connectivity index (χ0) is 16.2. The largest absolute Gasteiger partial charge is 0.481 e. The van der Waals surface area contributed by atoms with Crippen molar-refractivity contribution in [3.05, 3.63) is 33.3 Å². The lowest BCUT2D eigenvalue weighted by Gasteiger charge is -2.19. The molecule has 1 aromatic rings. The molecule has 0 unspecified atom stereocenters. The number of urea groups is 1. The van der Waals surface area contributed by atoms with Gasteiger partial charge in [0.25, 0.3) is 5.69 Å². The monoisotopic (exact) mass is 315 g/mol. The van der Waals surface area contributed by atoms with Crippen LogP contribution in [0.15, 0.2) is 18.2 Å². The molecule has 3 N–H and O–H groups in total. The van der Waals surface area contributed by atoms with E-state index in [1.54, 1.807) is 0 Å². The molecule has 0 fully saturated rings. The topological polar surface area (TPSA) is 122 Å². The number of anilines is 1. The van der Waals surface area contributed by atoms with Crippen LogP contribution in [0.5, 0.6) is 0 Å². The number of nitrogens with zero attached hydrogens (tertiary/aromatic N) is 1. The Morgan fingerprint density at radius 1 is 1.43 bits per heavy atom. The lowest BCUT2D eigenvalue weighted by molar-refractivity contribution is -0.384. The highest BCUT2D eigenvalue weighted by Crippen LogP contribution is 2.27. The van der Waals surface area contributed by atoms with E-state index in [-0.39, 0.29) is 22.9 Å². The smallest absolute Gasteiger partial charge is 0.319 e. The fourth-order valence-electron chi connectivity index (χ4n) is 1.28. The number of nitro benzene ring substituents is 1. The van der Waals surface area contributed by atoms with Gasteiger partial charge in [-0.3, -0.25) is 14.9 Å². The number of carboxylic acid groups (broad SMARTS) is 1. The standard InChI is InChI=1S/C12H14ClN3O5/c1-12(2,10(17)18)6-14-11(19)15-7-3-4-8(13)9(5-7)16(20)21/h3-5H,6H2,1-2H3,(H,17,18)(H2,14,15,19). The average molecular weight is 316 g/mol. The summed E-state index contributed by atoms with van der Waals surface area (Å²) in [6.45, 7) is 2.83. The molecule has 9 heteroatoms. The van der Waals surface area contributed by atoms with Crippen LogP contribution in [0.25, 0.3) is 0 Å². The van der Waals surface area contributed by atoms with Crippen molar-refractivity contribution in [1.82, 2.24) is 5.32 Å². The van der Waals surface area contributed by atoms with E-state index in [0.29, 0.717) is 0 Å². The van der Waals surface area contributed by atoms with E-state index < -0.39 is 22.3 Å². The Bertz CT molecular complexity index is 588. The van der Waals surface area contributed by atoms with E-state index in [0.717, 1.165) is 6.07 Å². The summed E-state index contributed by atoms with van der Waals surface area (Å²) in [4.78, 5) is 32.6. The highest BCUT2D eigenvalue weighted by Gasteiger charge is 2.27. The van der Waals surface area contributed by atoms with Gasteiger partial charge in [0.15, 0.2) is 0 Å². The van der Waals surface area contributed by atoms with Crippen LogP contribution in [0.3, 0.4) is 0 Å². The molecule has 0 aliphatic heterocycles. The first-order valence-electron chi connectivity index (χ1n) is 5.85. The van der Waals surface area contributed by atoms with Crippen LogP contribution in [0, 0.1) is 15.5 Å². The molecule has 0 spiro atoms. The van der Waals surface area contributed by atoms with Crippen molar-refractivity contribution >= 4 is 35.0 Å². The number of carboxylic acids is 1. The molecule has 0 aromatic heterocycles. The predicted molar refractivity (Wildman–Crippen MR) is 76.5 cm³/mol. The zero-order valence-electron chi connectivity index (χ0n) is 11.3. The Hall–Kier alpha value is -2.35. The van der Waals surface area contributed by atoms with Crippen LogP contribution < -0.4 is 10.6 Å².